The lowest BCUT2D eigenvalue weighted by Gasteiger charge is -2.34. The van der Waals surface area contributed by atoms with Gasteiger partial charge in [0.2, 0.25) is 0 Å². The van der Waals surface area contributed by atoms with E-state index in [2.05, 4.69) is 27.8 Å². The van der Waals surface area contributed by atoms with E-state index in [1.165, 1.54) is 0 Å². The average Bonchev–Trinajstić information content (AvgIpc) is 2.42. The summed E-state index contributed by atoms with van der Waals surface area (Å²) in [7, 11) is 0. The number of carbonyl (C=O) groups is 1. The first-order chi connectivity index (χ1) is 9.13. The Balaban J connectivity index is 2.03. The van der Waals surface area contributed by atoms with Crippen molar-refractivity contribution in [3.63, 3.8) is 0 Å². The second-order valence-corrected chi connectivity index (χ2v) is 5.59. The lowest BCUT2D eigenvalue weighted by Crippen LogP contribution is -2.48. The summed E-state index contributed by atoms with van der Waals surface area (Å²) >= 11 is 3.11. The van der Waals surface area contributed by atoms with Crippen molar-refractivity contribution in [2.75, 3.05) is 32.7 Å². The molecule has 0 bridgehead atoms. The predicted molar refractivity (Wildman–Crippen MR) is 76.7 cm³/mol. The maximum atomic E-state index is 13.9. The normalized spacial score (nSPS) is 16.7. The molecule has 0 aromatic heterocycles. The molecular formula is C14H18BrFN2O. The van der Waals surface area contributed by atoms with E-state index < -0.39 is 5.82 Å². The van der Waals surface area contributed by atoms with Crippen LogP contribution in [0.25, 0.3) is 0 Å². The number of hydrogen-bond acceptors (Lipinski definition) is 2. The van der Waals surface area contributed by atoms with Gasteiger partial charge in [0.05, 0.1) is 10.0 Å². The molecule has 0 radical (unpaired) electrons. The molecule has 1 aromatic carbocycles. The van der Waals surface area contributed by atoms with Gasteiger partial charge in [-0.25, -0.2) is 4.39 Å². The van der Waals surface area contributed by atoms with E-state index in [1.54, 1.807) is 23.1 Å². The van der Waals surface area contributed by atoms with E-state index >= 15 is 0 Å². The minimum Gasteiger partial charge on any atom is -0.336 e. The van der Waals surface area contributed by atoms with Crippen LogP contribution in [0.1, 0.15) is 23.7 Å². The van der Waals surface area contributed by atoms with Crippen molar-refractivity contribution in [2.24, 2.45) is 0 Å². The first-order valence-corrected chi connectivity index (χ1v) is 7.38. The van der Waals surface area contributed by atoms with Crippen LogP contribution in [0.5, 0.6) is 0 Å². The van der Waals surface area contributed by atoms with Gasteiger partial charge in [-0.15, -0.1) is 0 Å². The second-order valence-electron chi connectivity index (χ2n) is 4.74. The first-order valence-electron chi connectivity index (χ1n) is 6.59. The molecule has 1 heterocycles. The number of rotatable bonds is 3. The third-order valence-electron chi connectivity index (χ3n) is 3.38. The van der Waals surface area contributed by atoms with Crippen molar-refractivity contribution < 1.29 is 9.18 Å². The molecule has 0 saturated carbocycles. The van der Waals surface area contributed by atoms with Crippen molar-refractivity contribution in [3.05, 3.63) is 34.1 Å². The topological polar surface area (TPSA) is 23.6 Å². The van der Waals surface area contributed by atoms with Crippen molar-refractivity contribution in [2.45, 2.75) is 13.3 Å². The number of nitrogens with zero attached hydrogens (tertiary/aromatic N) is 2. The molecule has 0 unspecified atom stereocenters. The molecule has 0 aliphatic carbocycles. The highest BCUT2D eigenvalue weighted by Gasteiger charge is 2.24. The predicted octanol–water partition coefficient (Wildman–Crippen LogP) is 2.76. The van der Waals surface area contributed by atoms with Crippen LogP contribution in [0.4, 0.5) is 4.39 Å². The summed E-state index contributed by atoms with van der Waals surface area (Å²) in [6.07, 6.45) is 1.12. The van der Waals surface area contributed by atoms with Crippen LogP contribution in [0.15, 0.2) is 22.7 Å². The van der Waals surface area contributed by atoms with Gasteiger partial charge >= 0.3 is 0 Å². The molecule has 2 rings (SSSR count). The van der Waals surface area contributed by atoms with Gasteiger partial charge in [-0.1, -0.05) is 13.0 Å². The minimum absolute atomic E-state index is 0.151. The molecular weight excluding hydrogens is 311 g/mol. The van der Waals surface area contributed by atoms with E-state index in [-0.39, 0.29) is 11.5 Å². The summed E-state index contributed by atoms with van der Waals surface area (Å²) in [5, 5.41) is 0. The van der Waals surface area contributed by atoms with Gasteiger partial charge in [0.25, 0.3) is 5.91 Å². The Morgan fingerprint density at radius 1 is 1.32 bits per heavy atom. The maximum Gasteiger partial charge on any atom is 0.256 e. The maximum absolute atomic E-state index is 13.9. The summed E-state index contributed by atoms with van der Waals surface area (Å²) in [5.41, 5.74) is 0.151. The van der Waals surface area contributed by atoms with E-state index in [1.807, 2.05) is 0 Å². The van der Waals surface area contributed by atoms with E-state index in [0.29, 0.717) is 17.6 Å². The molecule has 3 nitrogen and oxygen atoms in total. The van der Waals surface area contributed by atoms with Crippen LogP contribution < -0.4 is 0 Å². The molecule has 0 N–H and O–H groups in total. The van der Waals surface area contributed by atoms with Crippen LogP contribution >= 0.6 is 15.9 Å². The van der Waals surface area contributed by atoms with Crippen LogP contribution in [-0.2, 0) is 0 Å². The molecule has 104 valence electrons. The van der Waals surface area contributed by atoms with E-state index in [4.69, 9.17) is 0 Å². The van der Waals surface area contributed by atoms with Crippen molar-refractivity contribution in [1.82, 2.24) is 9.80 Å². The Morgan fingerprint density at radius 2 is 2.00 bits per heavy atom. The van der Waals surface area contributed by atoms with Gasteiger partial charge in [-0.2, -0.15) is 0 Å². The SMILES string of the molecule is CCCN1CCN(C(=O)c2cccc(Br)c2F)CC1. The zero-order valence-electron chi connectivity index (χ0n) is 11.0. The monoisotopic (exact) mass is 328 g/mol. The fourth-order valence-corrected chi connectivity index (χ4v) is 2.70. The third-order valence-corrected chi connectivity index (χ3v) is 3.99. The van der Waals surface area contributed by atoms with Gasteiger partial charge in [-0.3, -0.25) is 9.69 Å². The molecule has 5 heteroatoms. The highest BCUT2D eigenvalue weighted by Crippen LogP contribution is 2.20. The zero-order chi connectivity index (χ0) is 13.8. The van der Waals surface area contributed by atoms with Crippen LogP contribution in [0, 0.1) is 5.82 Å². The van der Waals surface area contributed by atoms with Crippen LogP contribution in [0.3, 0.4) is 0 Å². The molecule has 1 saturated heterocycles. The smallest absolute Gasteiger partial charge is 0.256 e. The highest BCUT2D eigenvalue weighted by atomic mass is 79.9. The summed E-state index contributed by atoms with van der Waals surface area (Å²) in [6, 6.07) is 4.83. The molecule has 1 amide bonds. The van der Waals surface area contributed by atoms with Gasteiger partial charge in [0.1, 0.15) is 5.82 Å². The number of carbonyl (C=O) groups excluding carboxylic acids is 1. The molecule has 0 atom stereocenters. The highest BCUT2D eigenvalue weighted by molar-refractivity contribution is 9.10. The second kappa shape index (κ2) is 6.48. The summed E-state index contributed by atoms with van der Waals surface area (Å²) in [6.45, 7) is 6.29. The summed E-state index contributed by atoms with van der Waals surface area (Å²) < 4.78 is 14.2. The standard InChI is InChI=1S/C14H18BrFN2O/c1-2-6-17-7-9-18(10-8-17)14(19)11-4-3-5-12(15)13(11)16/h3-5H,2,6-10H2,1H3. The Morgan fingerprint density at radius 3 is 2.63 bits per heavy atom. The molecule has 1 aromatic rings. The van der Waals surface area contributed by atoms with Crippen molar-refractivity contribution in [1.29, 1.82) is 0 Å². The van der Waals surface area contributed by atoms with Gasteiger partial charge in [0.15, 0.2) is 0 Å². The Labute approximate surface area is 121 Å². The molecule has 19 heavy (non-hydrogen) atoms. The van der Waals surface area contributed by atoms with Gasteiger partial charge in [-0.05, 0) is 41.0 Å². The lowest BCUT2D eigenvalue weighted by molar-refractivity contribution is 0.0633. The first kappa shape index (κ1) is 14.5. The third kappa shape index (κ3) is 3.34. The summed E-state index contributed by atoms with van der Waals surface area (Å²) in [5.74, 6) is -0.682. The summed E-state index contributed by atoms with van der Waals surface area (Å²) in [4.78, 5) is 16.4. The number of benzene rings is 1. The Hall–Kier alpha value is -0.940. The van der Waals surface area contributed by atoms with Gasteiger partial charge < -0.3 is 4.90 Å². The number of amides is 1. The minimum atomic E-state index is -0.469. The van der Waals surface area contributed by atoms with E-state index in [9.17, 15) is 9.18 Å². The van der Waals surface area contributed by atoms with Crippen molar-refractivity contribution >= 4 is 21.8 Å². The zero-order valence-corrected chi connectivity index (χ0v) is 12.6. The fraction of sp³-hybridized carbons (Fsp3) is 0.500. The quantitative estimate of drug-likeness (QED) is 0.851. The van der Waals surface area contributed by atoms with Crippen LogP contribution in [-0.4, -0.2) is 48.4 Å². The Kier molecular flexibility index (Phi) is 4.93. The molecule has 1 aliphatic rings. The fourth-order valence-electron chi connectivity index (χ4n) is 2.33. The van der Waals surface area contributed by atoms with Crippen LogP contribution in [0.2, 0.25) is 0 Å². The number of hydrogen-bond donors (Lipinski definition) is 0. The largest absolute Gasteiger partial charge is 0.336 e. The Bertz CT molecular complexity index is 459. The number of piperazine rings is 1. The lowest BCUT2D eigenvalue weighted by atomic mass is 10.1. The average molecular weight is 329 g/mol. The van der Waals surface area contributed by atoms with E-state index in [0.717, 1.165) is 26.1 Å². The van der Waals surface area contributed by atoms with Gasteiger partial charge in [0, 0.05) is 26.2 Å². The number of halogens is 2. The molecule has 0 spiro atoms. The van der Waals surface area contributed by atoms with Crippen molar-refractivity contribution in [3.8, 4) is 0 Å². The molecule has 1 fully saturated rings. The molecule has 1 aliphatic heterocycles.